The summed E-state index contributed by atoms with van der Waals surface area (Å²) in [4.78, 5) is 0.164. The number of nitrogens with zero attached hydrogens (tertiary/aromatic N) is 4. The van der Waals surface area contributed by atoms with Gasteiger partial charge in [-0.2, -0.15) is 4.31 Å². The minimum Gasteiger partial charge on any atom is -0.276 e. The fourth-order valence-corrected chi connectivity index (χ4v) is 5.71. The number of thioether (sulfide) groups is 1. The van der Waals surface area contributed by atoms with Gasteiger partial charge < -0.3 is 0 Å². The standard InChI is InChI=1S/C18H19FN4O2S2/c19-15-8-3-2-7-14(15)13-26-18-21-20-17-16(9-6-12-23(17)18)27(24,25)22-10-4-1-5-11-22/h2-3,6-9,12H,1,4-5,10-11,13H2. The van der Waals surface area contributed by atoms with E-state index >= 15 is 0 Å². The summed E-state index contributed by atoms with van der Waals surface area (Å²) in [6.45, 7) is 1.07. The first-order valence-corrected chi connectivity index (χ1v) is 11.2. The van der Waals surface area contributed by atoms with Crippen LogP contribution in [0.25, 0.3) is 5.65 Å². The van der Waals surface area contributed by atoms with Crippen molar-refractivity contribution >= 4 is 27.4 Å². The molecule has 9 heteroatoms. The highest BCUT2D eigenvalue weighted by atomic mass is 32.2. The average molecular weight is 407 g/mol. The number of piperidine rings is 1. The molecule has 0 atom stereocenters. The second-order valence-electron chi connectivity index (χ2n) is 6.39. The van der Waals surface area contributed by atoms with E-state index in [-0.39, 0.29) is 10.7 Å². The lowest BCUT2D eigenvalue weighted by atomic mass is 10.2. The Hall–Kier alpha value is -1.97. The summed E-state index contributed by atoms with van der Waals surface area (Å²) in [6, 6.07) is 9.82. The molecule has 1 fully saturated rings. The van der Waals surface area contributed by atoms with Crippen LogP contribution in [-0.2, 0) is 15.8 Å². The van der Waals surface area contributed by atoms with Crippen molar-refractivity contribution < 1.29 is 12.8 Å². The molecular formula is C18H19FN4O2S2. The molecule has 1 saturated heterocycles. The van der Waals surface area contributed by atoms with Gasteiger partial charge in [-0.3, -0.25) is 4.40 Å². The number of halogens is 1. The molecule has 3 aromatic rings. The van der Waals surface area contributed by atoms with E-state index in [9.17, 15) is 12.8 Å². The number of aromatic nitrogens is 3. The Kier molecular flexibility index (Phi) is 5.16. The largest absolute Gasteiger partial charge is 0.276 e. The van der Waals surface area contributed by atoms with Gasteiger partial charge in [0.15, 0.2) is 10.8 Å². The molecule has 142 valence electrons. The lowest BCUT2D eigenvalue weighted by Crippen LogP contribution is -2.35. The lowest BCUT2D eigenvalue weighted by Gasteiger charge is -2.25. The number of fused-ring (bicyclic) bond motifs is 1. The first kappa shape index (κ1) is 18.4. The molecule has 0 unspecified atom stereocenters. The number of benzene rings is 1. The second kappa shape index (κ2) is 7.57. The van der Waals surface area contributed by atoms with Gasteiger partial charge in [0.25, 0.3) is 0 Å². The summed E-state index contributed by atoms with van der Waals surface area (Å²) in [6.07, 6.45) is 4.53. The molecule has 1 aromatic carbocycles. The van der Waals surface area contributed by atoms with E-state index in [0.29, 0.717) is 35.2 Å². The molecule has 2 aromatic heterocycles. The maximum atomic E-state index is 13.8. The molecule has 0 spiro atoms. The molecule has 0 bridgehead atoms. The number of rotatable bonds is 5. The third-order valence-electron chi connectivity index (χ3n) is 4.62. The summed E-state index contributed by atoms with van der Waals surface area (Å²) in [5, 5.41) is 8.77. The fraction of sp³-hybridized carbons (Fsp3) is 0.333. The van der Waals surface area contributed by atoms with Gasteiger partial charge >= 0.3 is 0 Å². The average Bonchev–Trinajstić information content (AvgIpc) is 3.11. The van der Waals surface area contributed by atoms with Gasteiger partial charge in [-0.15, -0.1) is 10.2 Å². The van der Waals surface area contributed by atoms with Crippen LogP contribution in [0.1, 0.15) is 24.8 Å². The second-order valence-corrected chi connectivity index (χ2v) is 9.24. The predicted octanol–water partition coefficient (Wildman–Crippen LogP) is 3.34. The fourth-order valence-electron chi connectivity index (χ4n) is 3.17. The summed E-state index contributed by atoms with van der Waals surface area (Å²) in [5.41, 5.74) is 0.871. The highest BCUT2D eigenvalue weighted by Crippen LogP contribution is 2.27. The summed E-state index contributed by atoms with van der Waals surface area (Å²) in [5.74, 6) is 0.114. The van der Waals surface area contributed by atoms with Gasteiger partial charge in [0.1, 0.15) is 10.7 Å². The minimum absolute atomic E-state index is 0.164. The Morgan fingerprint density at radius 3 is 2.59 bits per heavy atom. The van der Waals surface area contributed by atoms with E-state index in [1.165, 1.54) is 22.1 Å². The summed E-state index contributed by atoms with van der Waals surface area (Å²) in [7, 11) is -3.61. The molecule has 0 saturated carbocycles. The highest BCUT2D eigenvalue weighted by molar-refractivity contribution is 7.98. The van der Waals surface area contributed by atoms with Crippen LogP contribution >= 0.6 is 11.8 Å². The van der Waals surface area contributed by atoms with Crippen LogP contribution in [0.4, 0.5) is 4.39 Å². The van der Waals surface area contributed by atoms with Gasteiger partial charge in [-0.25, -0.2) is 12.8 Å². The van der Waals surface area contributed by atoms with Crippen molar-refractivity contribution in [2.24, 2.45) is 0 Å². The van der Waals surface area contributed by atoms with Crippen molar-refractivity contribution in [3.05, 3.63) is 54.0 Å². The quantitative estimate of drug-likeness (QED) is 0.608. The zero-order chi connectivity index (χ0) is 18.9. The van der Waals surface area contributed by atoms with Gasteiger partial charge in [-0.1, -0.05) is 36.4 Å². The Labute approximate surface area is 161 Å². The number of hydrogen-bond donors (Lipinski definition) is 0. The zero-order valence-corrected chi connectivity index (χ0v) is 16.2. The van der Waals surface area contributed by atoms with Crippen LogP contribution in [0.5, 0.6) is 0 Å². The van der Waals surface area contributed by atoms with Gasteiger partial charge in [0, 0.05) is 25.0 Å². The normalized spacial score (nSPS) is 16.0. The van der Waals surface area contributed by atoms with Crippen LogP contribution in [0, 0.1) is 5.82 Å². The molecule has 0 N–H and O–H groups in total. The van der Waals surface area contributed by atoms with Gasteiger partial charge in [0.05, 0.1) is 0 Å². The molecule has 0 amide bonds. The van der Waals surface area contributed by atoms with Crippen molar-refractivity contribution in [1.29, 1.82) is 0 Å². The van der Waals surface area contributed by atoms with Gasteiger partial charge in [-0.05, 0) is 36.6 Å². The SMILES string of the molecule is O=S(=O)(c1cccn2c(SCc3ccccc3F)nnc12)N1CCCCC1. The third kappa shape index (κ3) is 3.59. The number of sulfonamides is 1. The van der Waals surface area contributed by atoms with E-state index in [0.717, 1.165) is 19.3 Å². The van der Waals surface area contributed by atoms with Crippen LogP contribution in [0.3, 0.4) is 0 Å². The van der Waals surface area contributed by atoms with Crippen LogP contribution in [-0.4, -0.2) is 40.4 Å². The first-order chi connectivity index (χ1) is 13.1. The van der Waals surface area contributed by atoms with Crippen LogP contribution in [0.2, 0.25) is 0 Å². The Morgan fingerprint density at radius 2 is 1.81 bits per heavy atom. The zero-order valence-electron chi connectivity index (χ0n) is 14.6. The minimum atomic E-state index is -3.61. The van der Waals surface area contributed by atoms with E-state index in [4.69, 9.17) is 0 Å². The molecule has 1 aliphatic heterocycles. The molecule has 0 aliphatic carbocycles. The van der Waals surface area contributed by atoms with Crippen molar-refractivity contribution in [2.75, 3.05) is 13.1 Å². The molecule has 27 heavy (non-hydrogen) atoms. The molecule has 3 heterocycles. The Balaban J connectivity index is 1.64. The Bertz CT molecular complexity index is 1060. The molecule has 6 nitrogen and oxygen atoms in total. The summed E-state index contributed by atoms with van der Waals surface area (Å²) >= 11 is 1.32. The molecule has 4 rings (SSSR count). The van der Waals surface area contributed by atoms with E-state index in [1.54, 1.807) is 40.9 Å². The van der Waals surface area contributed by atoms with E-state index in [2.05, 4.69) is 10.2 Å². The maximum absolute atomic E-state index is 13.8. The molecular weight excluding hydrogens is 387 g/mol. The lowest BCUT2D eigenvalue weighted by molar-refractivity contribution is 0.347. The first-order valence-electron chi connectivity index (χ1n) is 8.77. The van der Waals surface area contributed by atoms with Gasteiger partial charge in [0.2, 0.25) is 10.0 Å². The maximum Gasteiger partial charge on any atom is 0.246 e. The summed E-state index contributed by atoms with van der Waals surface area (Å²) < 4.78 is 43.0. The monoisotopic (exact) mass is 406 g/mol. The number of pyridine rings is 1. The third-order valence-corrected chi connectivity index (χ3v) is 7.53. The molecule has 1 aliphatic rings. The van der Waals surface area contributed by atoms with Crippen molar-refractivity contribution in [3.8, 4) is 0 Å². The van der Waals surface area contributed by atoms with E-state index in [1.807, 2.05) is 0 Å². The van der Waals surface area contributed by atoms with Crippen molar-refractivity contribution in [1.82, 2.24) is 18.9 Å². The Morgan fingerprint density at radius 1 is 1.04 bits per heavy atom. The number of hydrogen-bond acceptors (Lipinski definition) is 5. The molecule has 0 radical (unpaired) electrons. The predicted molar refractivity (Wildman–Crippen MR) is 102 cm³/mol. The topological polar surface area (TPSA) is 67.6 Å². The van der Waals surface area contributed by atoms with Crippen LogP contribution < -0.4 is 0 Å². The van der Waals surface area contributed by atoms with Crippen molar-refractivity contribution in [2.45, 2.75) is 35.1 Å². The van der Waals surface area contributed by atoms with E-state index < -0.39 is 10.0 Å². The van der Waals surface area contributed by atoms with Crippen LogP contribution in [0.15, 0.2) is 52.6 Å². The van der Waals surface area contributed by atoms with Crippen molar-refractivity contribution in [3.63, 3.8) is 0 Å². The smallest absolute Gasteiger partial charge is 0.246 e. The highest BCUT2D eigenvalue weighted by Gasteiger charge is 2.29.